The van der Waals surface area contributed by atoms with E-state index in [0.29, 0.717) is 0 Å². The molecule has 0 bridgehead atoms. The zero-order valence-corrected chi connectivity index (χ0v) is 58.5. The van der Waals surface area contributed by atoms with Gasteiger partial charge in [-0.3, -0.25) is 0 Å². The molecule has 1 atom stereocenters. The van der Waals surface area contributed by atoms with Crippen molar-refractivity contribution in [2.24, 2.45) is 0 Å². The zero-order valence-electron chi connectivity index (χ0n) is 55.2. The second-order valence-corrected chi connectivity index (χ2v) is 27.1. The molecule has 1 saturated heterocycles. The van der Waals surface area contributed by atoms with Crippen LogP contribution in [0.5, 0.6) is 0 Å². The minimum Gasteiger partial charge on any atom is -0.321 e. The summed E-state index contributed by atoms with van der Waals surface area (Å²) >= 11 is 0. The molecule has 2 fully saturated rings. The maximum absolute atomic E-state index is 14.5. The van der Waals surface area contributed by atoms with Gasteiger partial charge in [-0.05, 0) is 130 Å². The molecule has 1 heterocycles. The van der Waals surface area contributed by atoms with Crippen molar-refractivity contribution in [3.05, 3.63) is 311 Å². The van der Waals surface area contributed by atoms with Crippen molar-refractivity contribution in [3.8, 4) is 0 Å². The standard InChI is InChI=1S/C37H35N2OP.C32H12BF24.C8H12.Ir/c40-36(39-28-16-23-33(39)29-41(34-24-12-4-13-25-34)35-26-14-5-15-27-35)38-37(30-17-6-1-7-18-30,31-19-8-2-9-20-31)32-21-10-3-11-22-32;34-25(35,36)13-1-14(26(37,38)39)6-21(5-13)33(22-7-15(27(40,41)42)2-16(8-22)28(43,44)45,23-9-17(29(46,47)48)3-18(10-23)30(49,50)51)24-11-19(31(52,53)54)4-20(12-24)32(55,56)57;1-2-4-6-8-7-5-3-1;/h1-15,17-22,24-27,33H,16,23,28-29H2,(H,38,40);1-12H;1-2,7-8H,3-6H2;/q;-1;;/t33-;;;/m0.../s1. The Kier molecular flexibility index (Phi) is 26.6. The zero-order chi connectivity index (χ0) is 77.5. The summed E-state index contributed by atoms with van der Waals surface area (Å²) in [5.41, 5.74) is -27.9. The first-order chi connectivity index (χ1) is 49.5. The van der Waals surface area contributed by atoms with Gasteiger partial charge in [0.05, 0.1) is 44.5 Å². The average molecular weight is 1720 g/mol. The number of urea groups is 1. The summed E-state index contributed by atoms with van der Waals surface area (Å²) < 4.78 is 341. The molecule has 1 saturated carbocycles. The molecule has 107 heavy (non-hydrogen) atoms. The maximum Gasteiger partial charge on any atom is 0.416 e. The number of likely N-dealkylation sites (tertiary alicyclic amines) is 1. The van der Waals surface area contributed by atoms with Gasteiger partial charge in [-0.25, -0.2) is 4.79 Å². The van der Waals surface area contributed by atoms with Crippen LogP contribution in [-0.2, 0) is 75.1 Å². The number of hydrogen-bond acceptors (Lipinski definition) is 1. The predicted octanol–water partition coefficient (Wildman–Crippen LogP) is 20.9. The summed E-state index contributed by atoms with van der Waals surface area (Å²) in [4.78, 5) is 16.6. The molecule has 5 radical (unpaired) electrons. The van der Waals surface area contributed by atoms with Gasteiger partial charge in [0.15, 0.2) is 0 Å². The third-order valence-corrected chi connectivity index (χ3v) is 20.5. The van der Waals surface area contributed by atoms with Gasteiger partial charge in [-0.1, -0.05) is 200 Å². The molecule has 9 aromatic carbocycles. The Balaban J connectivity index is 0.000000251. The van der Waals surface area contributed by atoms with Crippen LogP contribution < -0.4 is 37.8 Å². The van der Waals surface area contributed by atoms with Gasteiger partial charge in [-0.2, -0.15) is 127 Å². The van der Waals surface area contributed by atoms with Crippen LogP contribution in [0.3, 0.4) is 0 Å². The Labute approximate surface area is 613 Å². The van der Waals surface area contributed by atoms with Crippen LogP contribution in [0.2, 0.25) is 0 Å². The fraction of sp³-hybridized carbons (Fsp3) is 0.234. The molecule has 2 aliphatic rings. The van der Waals surface area contributed by atoms with Gasteiger partial charge in [-0.15, -0.1) is 0 Å². The van der Waals surface area contributed by atoms with Gasteiger partial charge in [0.1, 0.15) is 11.7 Å². The van der Waals surface area contributed by atoms with E-state index in [1.54, 1.807) is 0 Å². The third kappa shape index (κ3) is 20.5. The smallest absolute Gasteiger partial charge is 0.321 e. The average Bonchev–Trinajstić information content (AvgIpc) is 1.17. The molecule has 0 unspecified atom stereocenters. The van der Waals surface area contributed by atoms with Crippen LogP contribution in [0.1, 0.15) is 99.7 Å². The first kappa shape index (κ1) is 84.3. The summed E-state index contributed by atoms with van der Waals surface area (Å²) in [6.45, 7) is 0.762. The Hall–Kier alpha value is -8.29. The number of nitrogens with one attached hydrogen (secondary N) is 1. The number of carbonyl (C=O) groups excluding carboxylic acids is 1. The van der Waals surface area contributed by atoms with Crippen molar-refractivity contribution in [2.45, 2.75) is 99.5 Å². The second-order valence-electron chi connectivity index (χ2n) is 24.9. The minimum absolute atomic E-state index is 0. The molecule has 569 valence electrons. The molecule has 0 aromatic heterocycles. The summed E-state index contributed by atoms with van der Waals surface area (Å²) in [5.74, 6) is 0. The fourth-order valence-electron chi connectivity index (χ4n) is 13.0. The first-order valence-corrected chi connectivity index (χ1v) is 33.8. The van der Waals surface area contributed by atoms with Gasteiger partial charge in [0.2, 0.25) is 0 Å². The number of carbonyl (C=O) groups is 1. The number of halogens is 24. The van der Waals surface area contributed by atoms with E-state index in [0.717, 1.165) is 42.2 Å². The fourth-order valence-corrected chi connectivity index (χ4v) is 15.6. The number of amides is 2. The number of benzene rings is 9. The second kappa shape index (κ2) is 33.7. The number of hydrogen-bond donors (Lipinski definition) is 1. The maximum atomic E-state index is 14.5. The SMILES string of the molecule is FC(F)(F)c1cc([B-](c2cc(C(F)(F)F)cc(C(F)(F)F)c2)(c2cc(C(F)(F)F)cc(C(F)(F)F)c2)c2cc(C(F)(F)F)cc(C(F)(F)F)c2)cc(C(F)(F)F)c1.O=C(NC(c1ccccc1)(c1ccccc1)c1ccccc1)N1CCC[C@H]1CP(c1ccccc1)c1ccccc1.[CH]1[CH]CC[CH][CH]CC1.[Ir]. The van der Waals surface area contributed by atoms with E-state index in [2.05, 4.69) is 133 Å². The number of nitrogens with zero attached hydrogens (tertiary/aromatic N) is 1. The number of alkyl halides is 24. The van der Waals surface area contributed by atoms with E-state index < -0.39 is 208 Å². The van der Waals surface area contributed by atoms with Crippen LogP contribution in [0, 0.1) is 25.7 Å². The summed E-state index contributed by atoms with van der Waals surface area (Å²) in [6, 6.07) is 44.0. The van der Waals surface area contributed by atoms with Gasteiger partial charge >= 0.3 is 55.4 Å². The molecule has 0 spiro atoms. The third-order valence-electron chi connectivity index (χ3n) is 17.9. The van der Waals surface area contributed by atoms with Crippen LogP contribution in [0.4, 0.5) is 110 Å². The monoisotopic (exact) mass is 1720 g/mol. The Morgan fingerprint density at radius 3 is 0.785 bits per heavy atom. The van der Waals surface area contributed by atoms with E-state index in [-0.39, 0.29) is 32.2 Å². The number of rotatable bonds is 12. The van der Waals surface area contributed by atoms with Crippen LogP contribution in [0.25, 0.3) is 0 Å². The summed E-state index contributed by atoms with van der Waals surface area (Å²) in [6.07, 6.45) is -37.8. The largest absolute Gasteiger partial charge is 0.416 e. The summed E-state index contributed by atoms with van der Waals surface area (Å²) in [5, 5.41) is 6.31. The Morgan fingerprint density at radius 1 is 0.336 bits per heavy atom. The van der Waals surface area contributed by atoms with E-state index in [9.17, 15) is 110 Å². The van der Waals surface area contributed by atoms with Crippen molar-refractivity contribution < 1.29 is 130 Å². The molecule has 2 amide bonds. The van der Waals surface area contributed by atoms with Gasteiger partial charge in [0, 0.05) is 32.7 Å². The van der Waals surface area contributed by atoms with Crippen molar-refractivity contribution in [3.63, 3.8) is 0 Å². The van der Waals surface area contributed by atoms with E-state index >= 15 is 0 Å². The topological polar surface area (TPSA) is 32.3 Å². The van der Waals surface area contributed by atoms with Gasteiger partial charge in [0.25, 0.3) is 0 Å². The Bertz CT molecular complexity index is 3800. The van der Waals surface area contributed by atoms with Crippen molar-refractivity contribution in [1.82, 2.24) is 10.2 Å². The molecule has 30 heteroatoms. The first-order valence-electron chi connectivity index (χ1n) is 32.3. The summed E-state index contributed by atoms with van der Waals surface area (Å²) in [7, 11) is -0.600. The van der Waals surface area contributed by atoms with Gasteiger partial charge < -0.3 is 10.2 Å². The normalized spacial score (nSPS) is 15.2. The minimum atomic E-state index is -6.13. The molecule has 3 nitrogen and oxygen atoms in total. The molecule has 9 aromatic rings. The van der Waals surface area contributed by atoms with Crippen LogP contribution >= 0.6 is 7.92 Å². The molecule has 1 aliphatic heterocycles. The predicted molar refractivity (Wildman–Crippen MR) is 357 cm³/mol. The van der Waals surface area contributed by atoms with E-state index in [1.807, 2.05) is 54.6 Å². The molecule has 11 rings (SSSR count). The molecule has 1 N–H and O–H groups in total. The Morgan fingerprint density at radius 2 is 0.561 bits per heavy atom. The molecular weight excluding hydrogens is 1660 g/mol. The van der Waals surface area contributed by atoms with E-state index in [4.69, 9.17) is 0 Å². The van der Waals surface area contributed by atoms with Crippen LogP contribution in [-0.4, -0.2) is 35.8 Å². The quantitative estimate of drug-likeness (QED) is 0.0562. The van der Waals surface area contributed by atoms with Crippen molar-refractivity contribution >= 4 is 52.6 Å². The van der Waals surface area contributed by atoms with E-state index in [1.165, 1.54) is 36.3 Å². The molecule has 1 aliphatic carbocycles. The van der Waals surface area contributed by atoms with Crippen LogP contribution in [0.15, 0.2) is 224 Å². The van der Waals surface area contributed by atoms with Crippen molar-refractivity contribution in [2.75, 3.05) is 12.7 Å². The van der Waals surface area contributed by atoms with Crippen molar-refractivity contribution in [1.29, 1.82) is 0 Å². The molecular formula is C77H59BF24IrN2OP-.